The number of anilines is 2. The minimum absolute atomic E-state index is 0.297. The van der Waals surface area contributed by atoms with Crippen molar-refractivity contribution < 1.29 is 18.4 Å². The van der Waals surface area contributed by atoms with Gasteiger partial charge in [-0.2, -0.15) is 4.98 Å². The summed E-state index contributed by atoms with van der Waals surface area (Å²) in [5.41, 5.74) is 0.182. The molecule has 0 saturated carbocycles. The highest BCUT2D eigenvalue weighted by molar-refractivity contribution is 5.69. The Morgan fingerprint density at radius 2 is 1.82 bits per heavy atom. The summed E-state index contributed by atoms with van der Waals surface area (Å²) in [6.45, 7) is 4.07. The number of benzene rings is 2. The van der Waals surface area contributed by atoms with Gasteiger partial charge in [0.15, 0.2) is 0 Å². The Bertz CT molecular complexity index is 1010. The van der Waals surface area contributed by atoms with Crippen LogP contribution in [0.25, 0.3) is 0 Å². The van der Waals surface area contributed by atoms with Gasteiger partial charge in [-0.25, -0.2) is 13.8 Å². The lowest BCUT2D eigenvalue weighted by atomic mass is 10.0. The Kier molecular flexibility index (Phi) is 5.44. The van der Waals surface area contributed by atoms with Crippen LogP contribution in [0.5, 0.6) is 11.6 Å². The van der Waals surface area contributed by atoms with Crippen molar-refractivity contribution in [2.75, 3.05) is 5.32 Å². The molecule has 0 radical (unpaired) electrons. The van der Waals surface area contributed by atoms with Crippen molar-refractivity contribution in [1.82, 2.24) is 9.97 Å². The first-order valence-corrected chi connectivity index (χ1v) is 8.34. The lowest BCUT2D eigenvalue weighted by Gasteiger charge is -2.11. The minimum Gasteiger partial charge on any atom is -0.434 e. The molecule has 3 aromatic rings. The Labute approximate surface area is 159 Å². The van der Waals surface area contributed by atoms with Crippen LogP contribution < -0.4 is 10.1 Å². The Morgan fingerprint density at radius 3 is 2.46 bits per heavy atom. The highest BCUT2D eigenvalue weighted by Gasteiger charge is 2.26. The van der Waals surface area contributed by atoms with E-state index in [1.54, 1.807) is 12.1 Å². The molecule has 3 rings (SSSR count). The maximum atomic E-state index is 13.9. The number of aromatic nitrogens is 2. The average Bonchev–Trinajstić information content (AvgIpc) is 2.65. The normalized spacial score (nSPS) is 10.8. The fraction of sp³-hybridized carbons (Fsp3) is 0.158. The summed E-state index contributed by atoms with van der Waals surface area (Å²) >= 11 is 0. The van der Waals surface area contributed by atoms with E-state index in [2.05, 4.69) is 15.3 Å². The van der Waals surface area contributed by atoms with E-state index >= 15 is 0 Å². The average molecular weight is 386 g/mol. The summed E-state index contributed by atoms with van der Waals surface area (Å²) in [7, 11) is 0. The van der Waals surface area contributed by atoms with Crippen molar-refractivity contribution in [2.45, 2.75) is 19.8 Å². The lowest BCUT2D eigenvalue weighted by molar-refractivity contribution is -0.385. The molecule has 144 valence electrons. The van der Waals surface area contributed by atoms with E-state index in [4.69, 9.17) is 4.74 Å². The predicted molar refractivity (Wildman–Crippen MR) is 98.9 cm³/mol. The smallest absolute Gasteiger partial charge is 0.373 e. The maximum absolute atomic E-state index is 13.9. The Hall–Kier alpha value is -3.62. The molecular formula is C19H16F2N4O3. The standard InChI is InChI=1S/C19H16F2N4O3/c1-11(2)12-3-6-14(7-4-12)28-19-17(25(26)27)18(22-10-23-19)24-16-9-13(20)5-8-15(16)21/h3-11H,1-2H3,(H,22,23,24). The monoisotopic (exact) mass is 386 g/mol. The van der Waals surface area contributed by atoms with Crippen LogP contribution in [-0.2, 0) is 0 Å². The molecule has 2 aromatic carbocycles. The van der Waals surface area contributed by atoms with Crippen LogP contribution >= 0.6 is 0 Å². The molecule has 7 nitrogen and oxygen atoms in total. The third-order valence-electron chi connectivity index (χ3n) is 3.91. The molecule has 0 spiro atoms. The predicted octanol–water partition coefficient (Wildman–Crippen LogP) is 5.32. The van der Waals surface area contributed by atoms with Crippen LogP contribution in [0.15, 0.2) is 48.8 Å². The zero-order chi connectivity index (χ0) is 20.3. The molecule has 0 bridgehead atoms. The largest absolute Gasteiger partial charge is 0.434 e. The topological polar surface area (TPSA) is 90.2 Å². The van der Waals surface area contributed by atoms with E-state index < -0.39 is 22.2 Å². The van der Waals surface area contributed by atoms with Gasteiger partial charge in [-0.15, -0.1) is 0 Å². The van der Waals surface area contributed by atoms with Crippen LogP contribution in [0, 0.1) is 21.7 Å². The number of nitro groups is 1. The van der Waals surface area contributed by atoms with Gasteiger partial charge in [0, 0.05) is 6.07 Å². The van der Waals surface area contributed by atoms with E-state index in [0.29, 0.717) is 11.7 Å². The molecule has 1 aromatic heterocycles. The first kappa shape index (κ1) is 19.2. The first-order chi connectivity index (χ1) is 13.3. The number of hydrogen-bond acceptors (Lipinski definition) is 6. The quantitative estimate of drug-likeness (QED) is 0.455. The zero-order valence-corrected chi connectivity index (χ0v) is 15.0. The summed E-state index contributed by atoms with van der Waals surface area (Å²) in [5.74, 6) is -1.48. The number of ether oxygens (including phenoxy) is 1. The molecule has 0 saturated heterocycles. The van der Waals surface area contributed by atoms with Crippen molar-refractivity contribution in [3.05, 3.63) is 76.1 Å². The van der Waals surface area contributed by atoms with Gasteiger partial charge in [0.05, 0.1) is 10.6 Å². The Balaban J connectivity index is 1.95. The molecular weight excluding hydrogens is 370 g/mol. The Morgan fingerprint density at radius 1 is 1.11 bits per heavy atom. The van der Waals surface area contributed by atoms with Crippen LogP contribution in [0.3, 0.4) is 0 Å². The summed E-state index contributed by atoms with van der Waals surface area (Å²) < 4.78 is 32.8. The van der Waals surface area contributed by atoms with Gasteiger partial charge in [-0.05, 0) is 35.7 Å². The SMILES string of the molecule is CC(C)c1ccc(Oc2ncnc(Nc3cc(F)ccc3F)c2[N+](=O)[O-])cc1. The molecule has 0 aliphatic carbocycles. The van der Waals surface area contributed by atoms with Crippen LogP contribution in [-0.4, -0.2) is 14.9 Å². The second kappa shape index (κ2) is 7.95. The molecule has 0 aliphatic heterocycles. The van der Waals surface area contributed by atoms with Crippen LogP contribution in [0.1, 0.15) is 25.3 Å². The second-order valence-corrected chi connectivity index (χ2v) is 6.21. The number of nitrogens with one attached hydrogen (secondary N) is 1. The highest BCUT2D eigenvalue weighted by Crippen LogP contribution is 2.36. The van der Waals surface area contributed by atoms with Gasteiger partial charge in [-0.1, -0.05) is 26.0 Å². The molecule has 1 N–H and O–H groups in total. The van der Waals surface area contributed by atoms with E-state index in [9.17, 15) is 18.9 Å². The van der Waals surface area contributed by atoms with Crippen molar-refractivity contribution in [3.63, 3.8) is 0 Å². The summed E-state index contributed by atoms with van der Waals surface area (Å²) in [6, 6.07) is 9.72. The van der Waals surface area contributed by atoms with E-state index in [-0.39, 0.29) is 17.4 Å². The molecule has 0 aliphatic rings. The van der Waals surface area contributed by atoms with Crippen LogP contribution in [0.2, 0.25) is 0 Å². The highest BCUT2D eigenvalue weighted by atomic mass is 19.1. The summed E-state index contributed by atoms with van der Waals surface area (Å²) in [4.78, 5) is 18.4. The van der Waals surface area contributed by atoms with Crippen molar-refractivity contribution in [2.24, 2.45) is 0 Å². The summed E-state index contributed by atoms with van der Waals surface area (Å²) in [6.07, 6.45) is 1.03. The molecule has 0 amide bonds. The van der Waals surface area contributed by atoms with Gasteiger partial charge >= 0.3 is 11.6 Å². The second-order valence-electron chi connectivity index (χ2n) is 6.21. The van der Waals surface area contributed by atoms with Gasteiger partial charge in [0.2, 0.25) is 5.82 Å². The van der Waals surface area contributed by atoms with E-state index in [1.165, 1.54) is 0 Å². The third kappa shape index (κ3) is 4.20. The number of rotatable bonds is 6. The van der Waals surface area contributed by atoms with Gasteiger partial charge < -0.3 is 10.1 Å². The molecule has 0 atom stereocenters. The van der Waals surface area contributed by atoms with Crippen molar-refractivity contribution >= 4 is 17.2 Å². The minimum atomic E-state index is -0.791. The lowest BCUT2D eigenvalue weighted by Crippen LogP contribution is -2.04. The van der Waals surface area contributed by atoms with Gasteiger partial charge in [0.25, 0.3) is 0 Å². The van der Waals surface area contributed by atoms with Crippen molar-refractivity contribution in [3.8, 4) is 11.6 Å². The van der Waals surface area contributed by atoms with Gasteiger partial charge in [-0.3, -0.25) is 10.1 Å². The molecule has 0 fully saturated rings. The molecule has 1 heterocycles. The number of halogens is 2. The first-order valence-electron chi connectivity index (χ1n) is 8.34. The van der Waals surface area contributed by atoms with Crippen molar-refractivity contribution in [1.29, 1.82) is 0 Å². The third-order valence-corrected chi connectivity index (χ3v) is 3.91. The number of nitrogens with zero attached hydrogens (tertiary/aromatic N) is 3. The fourth-order valence-electron chi connectivity index (χ4n) is 2.45. The molecule has 28 heavy (non-hydrogen) atoms. The zero-order valence-electron chi connectivity index (χ0n) is 15.0. The maximum Gasteiger partial charge on any atom is 0.373 e. The van der Waals surface area contributed by atoms with Gasteiger partial charge in [0.1, 0.15) is 23.7 Å². The van der Waals surface area contributed by atoms with Crippen LogP contribution in [0.4, 0.5) is 26.0 Å². The number of hydrogen-bond donors (Lipinski definition) is 1. The van der Waals surface area contributed by atoms with E-state index in [0.717, 1.165) is 30.1 Å². The molecule has 9 heteroatoms. The van der Waals surface area contributed by atoms with E-state index in [1.807, 2.05) is 26.0 Å². The molecule has 0 unspecified atom stereocenters. The fourth-order valence-corrected chi connectivity index (χ4v) is 2.45. The summed E-state index contributed by atoms with van der Waals surface area (Å²) in [5, 5.41) is 14.0.